The highest BCUT2D eigenvalue weighted by Crippen LogP contribution is 2.18. The lowest BCUT2D eigenvalue weighted by molar-refractivity contribution is -0.140. The number of likely N-dealkylation sites (N-methyl/N-ethyl adjacent to an activating group) is 1. The lowest BCUT2D eigenvalue weighted by Gasteiger charge is -2.35. The van der Waals surface area contributed by atoms with Crippen molar-refractivity contribution >= 4 is 5.91 Å². The van der Waals surface area contributed by atoms with E-state index >= 15 is 0 Å². The second-order valence-corrected chi connectivity index (χ2v) is 5.34. The predicted octanol–water partition coefficient (Wildman–Crippen LogP) is -0.277. The molecule has 6 heteroatoms. The fraction of sp³-hybridized carbons (Fsp3) is 0.692. The predicted molar refractivity (Wildman–Crippen MR) is 71.5 cm³/mol. The van der Waals surface area contributed by atoms with E-state index in [0.29, 0.717) is 19.5 Å². The lowest BCUT2D eigenvalue weighted by atomic mass is 9.93. The number of carbonyl (C=O) groups is 1. The molecule has 0 bridgehead atoms. The van der Waals surface area contributed by atoms with Gasteiger partial charge in [-0.2, -0.15) is 5.10 Å². The number of amides is 1. The molecule has 19 heavy (non-hydrogen) atoms. The quantitative estimate of drug-likeness (QED) is 0.786. The van der Waals surface area contributed by atoms with Crippen molar-refractivity contribution < 1.29 is 9.90 Å². The minimum absolute atomic E-state index is 0.0301. The number of piperidine rings is 1. The van der Waals surface area contributed by atoms with Gasteiger partial charge in [0.25, 0.3) is 0 Å². The van der Waals surface area contributed by atoms with E-state index in [1.807, 2.05) is 13.2 Å². The van der Waals surface area contributed by atoms with Gasteiger partial charge in [-0.3, -0.25) is 9.89 Å². The van der Waals surface area contributed by atoms with Crippen LogP contribution in [0.25, 0.3) is 0 Å². The molecule has 0 aliphatic carbocycles. The Bertz CT molecular complexity index is 407. The van der Waals surface area contributed by atoms with Gasteiger partial charge in [0.05, 0.1) is 18.2 Å². The van der Waals surface area contributed by atoms with E-state index in [1.54, 1.807) is 18.1 Å². The van der Waals surface area contributed by atoms with Crippen molar-refractivity contribution in [1.82, 2.24) is 20.0 Å². The Morgan fingerprint density at radius 1 is 1.68 bits per heavy atom. The van der Waals surface area contributed by atoms with Gasteiger partial charge >= 0.3 is 0 Å². The maximum absolute atomic E-state index is 12.3. The molecule has 1 aromatic rings. The topological polar surface area (TPSA) is 72.5 Å². The van der Waals surface area contributed by atoms with Crippen LogP contribution in [0.2, 0.25) is 0 Å². The molecule has 1 amide bonds. The number of aliphatic hydroxyl groups is 1. The first-order valence-electron chi connectivity index (χ1n) is 6.67. The van der Waals surface area contributed by atoms with Crippen molar-refractivity contribution in [2.45, 2.75) is 18.9 Å². The van der Waals surface area contributed by atoms with E-state index in [-0.39, 0.29) is 11.8 Å². The minimum Gasteiger partial charge on any atom is -0.392 e. The maximum atomic E-state index is 12.3. The van der Waals surface area contributed by atoms with Gasteiger partial charge in [0, 0.05) is 32.9 Å². The van der Waals surface area contributed by atoms with Gasteiger partial charge < -0.3 is 14.9 Å². The summed E-state index contributed by atoms with van der Waals surface area (Å²) in [6, 6.07) is 0. The normalized spacial score (nSPS) is 24.4. The number of rotatable bonds is 4. The third kappa shape index (κ3) is 3.54. The van der Waals surface area contributed by atoms with Crippen LogP contribution in [0.3, 0.4) is 0 Å². The summed E-state index contributed by atoms with van der Waals surface area (Å²) in [6.07, 6.45) is 4.53. The van der Waals surface area contributed by atoms with E-state index < -0.39 is 6.10 Å². The van der Waals surface area contributed by atoms with Gasteiger partial charge in [0.1, 0.15) is 0 Å². The molecule has 1 saturated heterocycles. The van der Waals surface area contributed by atoms with Crippen LogP contribution < -0.4 is 0 Å². The highest BCUT2D eigenvalue weighted by molar-refractivity contribution is 5.79. The van der Waals surface area contributed by atoms with Crippen LogP contribution in [0.4, 0.5) is 0 Å². The van der Waals surface area contributed by atoms with Crippen molar-refractivity contribution in [3.05, 3.63) is 18.0 Å². The first kappa shape index (κ1) is 14.0. The second-order valence-electron chi connectivity index (χ2n) is 5.34. The molecule has 0 unspecified atom stereocenters. The average molecular weight is 266 g/mol. The Morgan fingerprint density at radius 2 is 2.47 bits per heavy atom. The number of H-pyrrole nitrogens is 1. The van der Waals surface area contributed by atoms with Crippen LogP contribution in [0.5, 0.6) is 0 Å². The van der Waals surface area contributed by atoms with Gasteiger partial charge in [-0.1, -0.05) is 0 Å². The van der Waals surface area contributed by atoms with Crippen molar-refractivity contribution in [2.75, 3.05) is 33.7 Å². The van der Waals surface area contributed by atoms with E-state index in [9.17, 15) is 9.90 Å². The Morgan fingerprint density at radius 3 is 3.16 bits per heavy atom. The summed E-state index contributed by atoms with van der Waals surface area (Å²) in [5, 5.41) is 16.6. The van der Waals surface area contributed by atoms with Gasteiger partial charge in [-0.05, 0) is 25.5 Å². The summed E-state index contributed by atoms with van der Waals surface area (Å²) in [6.45, 7) is 2.13. The molecule has 0 radical (unpaired) electrons. The summed E-state index contributed by atoms with van der Waals surface area (Å²) in [5.41, 5.74) is 1.08. The molecule has 1 aromatic heterocycles. The molecule has 1 fully saturated rings. The van der Waals surface area contributed by atoms with E-state index in [1.165, 1.54) is 0 Å². The number of likely N-dealkylation sites (tertiary alicyclic amines) is 1. The summed E-state index contributed by atoms with van der Waals surface area (Å²) < 4.78 is 0. The molecule has 1 aliphatic rings. The molecule has 2 heterocycles. The number of aromatic nitrogens is 2. The van der Waals surface area contributed by atoms with Crippen LogP contribution in [0.1, 0.15) is 12.0 Å². The SMILES string of the molecule is CN1CC[C@@H](O)[C@H](C(=O)N(C)CCc2cn[nH]c2)C1. The first-order chi connectivity index (χ1) is 9.08. The van der Waals surface area contributed by atoms with E-state index in [0.717, 1.165) is 18.5 Å². The molecule has 2 rings (SSSR count). The largest absolute Gasteiger partial charge is 0.392 e. The van der Waals surface area contributed by atoms with Crippen molar-refractivity contribution in [3.63, 3.8) is 0 Å². The second kappa shape index (κ2) is 6.16. The number of nitrogens with zero attached hydrogens (tertiary/aromatic N) is 3. The molecule has 0 saturated carbocycles. The number of carbonyl (C=O) groups excluding carboxylic acids is 1. The fourth-order valence-corrected chi connectivity index (χ4v) is 2.45. The molecular weight excluding hydrogens is 244 g/mol. The van der Waals surface area contributed by atoms with Crippen LogP contribution in [0, 0.1) is 5.92 Å². The number of aliphatic hydroxyl groups excluding tert-OH is 1. The van der Waals surface area contributed by atoms with E-state index in [2.05, 4.69) is 15.1 Å². The molecule has 2 atom stereocenters. The summed E-state index contributed by atoms with van der Waals surface area (Å²) in [4.78, 5) is 16.1. The zero-order valence-electron chi connectivity index (χ0n) is 11.5. The zero-order valence-corrected chi connectivity index (χ0v) is 11.5. The molecule has 106 valence electrons. The van der Waals surface area contributed by atoms with Gasteiger partial charge in [0.15, 0.2) is 0 Å². The third-order valence-electron chi connectivity index (χ3n) is 3.76. The summed E-state index contributed by atoms with van der Waals surface area (Å²) in [7, 11) is 3.78. The van der Waals surface area contributed by atoms with Crippen LogP contribution in [0.15, 0.2) is 12.4 Å². The van der Waals surface area contributed by atoms with Crippen LogP contribution in [-0.2, 0) is 11.2 Å². The average Bonchev–Trinajstić information content (AvgIpc) is 2.91. The Labute approximate surface area is 113 Å². The smallest absolute Gasteiger partial charge is 0.229 e. The maximum Gasteiger partial charge on any atom is 0.229 e. The number of hydrogen-bond donors (Lipinski definition) is 2. The van der Waals surface area contributed by atoms with Gasteiger partial charge in [-0.25, -0.2) is 0 Å². The number of nitrogens with one attached hydrogen (secondary N) is 1. The Balaban J connectivity index is 1.87. The van der Waals surface area contributed by atoms with Crippen molar-refractivity contribution in [1.29, 1.82) is 0 Å². The molecule has 0 aromatic carbocycles. The van der Waals surface area contributed by atoms with Gasteiger partial charge in [-0.15, -0.1) is 0 Å². The molecule has 6 nitrogen and oxygen atoms in total. The Kier molecular flexibility index (Phi) is 4.55. The summed E-state index contributed by atoms with van der Waals surface area (Å²) >= 11 is 0. The summed E-state index contributed by atoms with van der Waals surface area (Å²) in [5.74, 6) is -0.268. The molecular formula is C13H22N4O2. The Hall–Kier alpha value is -1.40. The number of hydrogen-bond acceptors (Lipinski definition) is 4. The highest BCUT2D eigenvalue weighted by atomic mass is 16.3. The highest BCUT2D eigenvalue weighted by Gasteiger charge is 2.33. The fourth-order valence-electron chi connectivity index (χ4n) is 2.45. The van der Waals surface area contributed by atoms with Crippen molar-refractivity contribution in [3.8, 4) is 0 Å². The zero-order chi connectivity index (χ0) is 13.8. The van der Waals surface area contributed by atoms with Crippen LogP contribution >= 0.6 is 0 Å². The lowest BCUT2D eigenvalue weighted by Crippen LogP contribution is -2.49. The monoisotopic (exact) mass is 266 g/mol. The van der Waals surface area contributed by atoms with Crippen LogP contribution in [-0.4, -0.2) is 70.8 Å². The third-order valence-corrected chi connectivity index (χ3v) is 3.76. The van der Waals surface area contributed by atoms with E-state index in [4.69, 9.17) is 0 Å². The first-order valence-corrected chi connectivity index (χ1v) is 6.67. The number of aromatic amines is 1. The minimum atomic E-state index is -0.514. The van der Waals surface area contributed by atoms with Crippen molar-refractivity contribution in [2.24, 2.45) is 5.92 Å². The molecule has 0 spiro atoms. The molecule has 1 aliphatic heterocycles. The standard InChI is InChI=1S/C13H22N4O2/c1-16-5-4-12(18)11(9-16)13(19)17(2)6-3-10-7-14-15-8-10/h7-8,11-12,18H,3-6,9H2,1-2H3,(H,14,15)/t11-,12-/m1/s1. The van der Waals surface area contributed by atoms with Gasteiger partial charge in [0.2, 0.25) is 5.91 Å². The molecule has 2 N–H and O–H groups in total.